The number of aliphatic hydroxyl groups excluding tert-OH is 2. The standard InChI is InChI=1S/C28H40O6/c1-17(2)16-18(3)14-15-28(6,7)25-19(4)26(33-20(5)29)21-10-8-9-11-22(21)27(25)34-24(32)13-12-23(30)31/h8-11,14,17,20,24,29,32H,12-13,15-16H2,1-7H3,(H,30,31)/b18-14+. The number of ether oxygens (including phenoxy) is 2. The van der Waals surface area contributed by atoms with Gasteiger partial charge in [-0.05, 0) is 50.5 Å². The van der Waals surface area contributed by atoms with E-state index in [0.717, 1.165) is 34.7 Å². The summed E-state index contributed by atoms with van der Waals surface area (Å²) in [4.78, 5) is 11.0. The van der Waals surface area contributed by atoms with Crippen LogP contribution in [0.1, 0.15) is 78.4 Å². The fraction of sp³-hybridized carbons (Fsp3) is 0.536. The molecule has 0 aliphatic rings. The predicted molar refractivity (Wildman–Crippen MR) is 135 cm³/mol. The molecule has 0 fully saturated rings. The molecule has 0 heterocycles. The van der Waals surface area contributed by atoms with Crippen LogP contribution in [0.15, 0.2) is 35.9 Å². The summed E-state index contributed by atoms with van der Waals surface area (Å²) in [7, 11) is 0. The number of hydrogen-bond donors (Lipinski definition) is 3. The van der Waals surface area contributed by atoms with Crippen LogP contribution in [-0.4, -0.2) is 33.9 Å². The summed E-state index contributed by atoms with van der Waals surface area (Å²) in [5.41, 5.74) is 2.60. The topological polar surface area (TPSA) is 96.2 Å². The monoisotopic (exact) mass is 472 g/mol. The summed E-state index contributed by atoms with van der Waals surface area (Å²) in [6.07, 6.45) is 1.50. The third-order valence-corrected chi connectivity index (χ3v) is 5.87. The Morgan fingerprint density at radius 3 is 2.18 bits per heavy atom. The normalized spacial score (nSPS) is 14.4. The molecule has 0 bridgehead atoms. The Bertz CT molecular complexity index is 1020. The second-order valence-corrected chi connectivity index (χ2v) is 10.2. The lowest BCUT2D eigenvalue weighted by molar-refractivity contribution is -0.139. The molecule has 0 aliphatic heterocycles. The number of carbonyl (C=O) groups is 1. The first kappa shape index (κ1) is 27.7. The molecule has 0 spiro atoms. The first-order valence-corrected chi connectivity index (χ1v) is 12.0. The lowest BCUT2D eigenvalue weighted by Crippen LogP contribution is -2.24. The minimum Gasteiger partial charge on any atom is -0.481 e. The van der Waals surface area contributed by atoms with Gasteiger partial charge in [0.25, 0.3) is 0 Å². The number of hydrogen-bond acceptors (Lipinski definition) is 5. The number of rotatable bonds is 12. The molecule has 0 saturated carbocycles. The highest BCUT2D eigenvalue weighted by Gasteiger charge is 2.31. The molecule has 6 heteroatoms. The second-order valence-electron chi connectivity index (χ2n) is 10.2. The van der Waals surface area contributed by atoms with Gasteiger partial charge in [-0.15, -0.1) is 0 Å². The molecule has 2 unspecified atom stereocenters. The lowest BCUT2D eigenvalue weighted by atomic mass is 9.76. The molecular formula is C28H40O6. The number of aliphatic carboxylic acids is 1. The zero-order valence-electron chi connectivity index (χ0n) is 21.5. The lowest BCUT2D eigenvalue weighted by Gasteiger charge is -2.32. The molecule has 2 rings (SSSR count). The molecular weight excluding hydrogens is 432 g/mol. The van der Waals surface area contributed by atoms with Gasteiger partial charge in [0.1, 0.15) is 11.5 Å². The molecule has 0 aromatic heterocycles. The van der Waals surface area contributed by atoms with Crippen LogP contribution in [0.25, 0.3) is 10.8 Å². The van der Waals surface area contributed by atoms with E-state index in [1.807, 2.05) is 31.2 Å². The third-order valence-electron chi connectivity index (χ3n) is 5.87. The zero-order valence-corrected chi connectivity index (χ0v) is 21.5. The van der Waals surface area contributed by atoms with Crippen LogP contribution in [0.3, 0.4) is 0 Å². The van der Waals surface area contributed by atoms with Crippen molar-refractivity contribution in [2.75, 3.05) is 0 Å². The summed E-state index contributed by atoms with van der Waals surface area (Å²) in [5.74, 6) is 0.666. The van der Waals surface area contributed by atoms with E-state index in [9.17, 15) is 15.0 Å². The zero-order chi connectivity index (χ0) is 25.6. The van der Waals surface area contributed by atoms with Crippen molar-refractivity contribution in [3.8, 4) is 11.5 Å². The van der Waals surface area contributed by atoms with E-state index >= 15 is 0 Å². The van der Waals surface area contributed by atoms with Crippen molar-refractivity contribution in [1.29, 1.82) is 0 Å². The summed E-state index contributed by atoms with van der Waals surface area (Å²) in [5, 5.41) is 31.1. The van der Waals surface area contributed by atoms with Crippen molar-refractivity contribution < 1.29 is 29.6 Å². The number of aliphatic hydroxyl groups is 2. The molecule has 0 radical (unpaired) electrons. The van der Waals surface area contributed by atoms with E-state index in [2.05, 4.69) is 40.7 Å². The minimum atomic E-state index is -1.27. The van der Waals surface area contributed by atoms with Gasteiger partial charge >= 0.3 is 5.97 Å². The number of carboxylic acid groups (broad SMARTS) is 1. The van der Waals surface area contributed by atoms with Crippen molar-refractivity contribution in [2.45, 2.75) is 92.1 Å². The van der Waals surface area contributed by atoms with E-state index in [1.165, 1.54) is 5.57 Å². The largest absolute Gasteiger partial charge is 0.481 e. The molecule has 2 aromatic carbocycles. The molecule has 0 saturated heterocycles. The van der Waals surface area contributed by atoms with Crippen LogP contribution in [0.5, 0.6) is 11.5 Å². The highest BCUT2D eigenvalue weighted by atomic mass is 16.6. The van der Waals surface area contributed by atoms with Gasteiger partial charge < -0.3 is 24.8 Å². The van der Waals surface area contributed by atoms with Crippen LogP contribution in [-0.2, 0) is 10.2 Å². The Hall–Kier alpha value is -2.57. The minimum absolute atomic E-state index is 0.0259. The molecule has 6 nitrogen and oxygen atoms in total. The number of carboxylic acids is 1. The van der Waals surface area contributed by atoms with Crippen molar-refractivity contribution in [2.24, 2.45) is 5.92 Å². The first-order valence-electron chi connectivity index (χ1n) is 12.0. The predicted octanol–water partition coefficient (Wildman–Crippen LogP) is 6.09. The van der Waals surface area contributed by atoms with Gasteiger partial charge in [-0.25, -0.2) is 0 Å². The third kappa shape index (κ3) is 7.21. The smallest absolute Gasteiger partial charge is 0.303 e. The van der Waals surface area contributed by atoms with Gasteiger partial charge in [0.15, 0.2) is 12.6 Å². The molecule has 188 valence electrons. The van der Waals surface area contributed by atoms with Crippen LogP contribution in [0.2, 0.25) is 0 Å². The molecule has 2 aromatic rings. The SMILES string of the molecule is C/C(=C\CC(C)(C)c1c(C)c(OC(C)O)c2ccccc2c1OC(O)CCC(=O)O)CC(C)C. The average Bonchev–Trinajstić information content (AvgIpc) is 2.73. The van der Waals surface area contributed by atoms with Crippen LogP contribution >= 0.6 is 0 Å². The van der Waals surface area contributed by atoms with Gasteiger partial charge in [-0.2, -0.15) is 0 Å². The maximum atomic E-state index is 11.0. The average molecular weight is 473 g/mol. The molecule has 2 atom stereocenters. The van der Waals surface area contributed by atoms with E-state index in [-0.39, 0.29) is 12.8 Å². The summed E-state index contributed by atoms with van der Waals surface area (Å²) in [6, 6.07) is 7.54. The van der Waals surface area contributed by atoms with Crippen molar-refractivity contribution >= 4 is 16.7 Å². The van der Waals surface area contributed by atoms with E-state index < -0.39 is 24.0 Å². The number of allylic oxidation sites excluding steroid dienone is 2. The molecule has 0 amide bonds. The van der Waals surface area contributed by atoms with Gasteiger partial charge in [0.05, 0.1) is 6.42 Å². The Morgan fingerprint density at radius 1 is 1.06 bits per heavy atom. The fourth-order valence-corrected chi connectivity index (χ4v) is 4.46. The number of benzene rings is 2. The van der Waals surface area contributed by atoms with Crippen LogP contribution < -0.4 is 9.47 Å². The second kappa shape index (κ2) is 11.7. The summed E-state index contributed by atoms with van der Waals surface area (Å²) < 4.78 is 11.9. The number of fused-ring (bicyclic) bond motifs is 1. The van der Waals surface area contributed by atoms with Gasteiger partial charge in [0, 0.05) is 22.8 Å². The van der Waals surface area contributed by atoms with Gasteiger partial charge in [0.2, 0.25) is 0 Å². The molecule has 3 N–H and O–H groups in total. The highest BCUT2D eigenvalue weighted by Crippen LogP contribution is 2.47. The van der Waals surface area contributed by atoms with Crippen LogP contribution in [0.4, 0.5) is 0 Å². The Balaban J connectivity index is 2.69. The van der Waals surface area contributed by atoms with Gasteiger partial charge in [-0.1, -0.05) is 63.6 Å². The van der Waals surface area contributed by atoms with E-state index in [0.29, 0.717) is 17.4 Å². The highest BCUT2D eigenvalue weighted by molar-refractivity contribution is 5.96. The molecule has 0 aliphatic carbocycles. The maximum Gasteiger partial charge on any atom is 0.303 e. The fourth-order valence-electron chi connectivity index (χ4n) is 4.46. The van der Waals surface area contributed by atoms with E-state index in [4.69, 9.17) is 14.6 Å². The quantitative estimate of drug-likeness (QED) is 0.256. The van der Waals surface area contributed by atoms with Crippen molar-refractivity contribution in [3.63, 3.8) is 0 Å². The van der Waals surface area contributed by atoms with Crippen molar-refractivity contribution in [1.82, 2.24) is 0 Å². The summed E-state index contributed by atoms with van der Waals surface area (Å²) >= 11 is 0. The van der Waals surface area contributed by atoms with Crippen molar-refractivity contribution in [3.05, 3.63) is 47.0 Å². The molecule has 34 heavy (non-hydrogen) atoms. The first-order chi connectivity index (χ1) is 15.8. The Kier molecular flexibility index (Phi) is 9.54. The van der Waals surface area contributed by atoms with Crippen LogP contribution in [0, 0.1) is 12.8 Å². The maximum absolute atomic E-state index is 11.0. The van der Waals surface area contributed by atoms with E-state index in [1.54, 1.807) is 6.92 Å². The van der Waals surface area contributed by atoms with Gasteiger partial charge in [-0.3, -0.25) is 4.79 Å². The Morgan fingerprint density at radius 2 is 1.65 bits per heavy atom. The summed E-state index contributed by atoms with van der Waals surface area (Å²) in [6.45, 7) is 14.3. The Labute approximate surface area is 203 Å².